The third-order valence-corrected chi connectivity index (χ3v) is 4.47. The van der Waals surface area contributed by atoms with Gasteiger partial charge in [0.05, 0.1) is 17.8 Å². The highest BCUT2D eigenvalue weighted by molar-refractivity contribution is 5.66. The molecular weight excluding hydrogens is 419 g/mol. The number of phenols is 1. The molecule has 0 spiro atoms. The van der Waals surface area contributed by atoms with E-state index in [9.17, 15) is 23.1 Å². The molecule has 2 heterocycles. The molecule has 0 fully saturated rings. The SMILES string of the molecule is CC(C)n1nccc1CN(CCCC(=O)O)c1noc(-c2cc(F)c(F)c(O)c2F)n1. The molecule has 2 aromatic heterocycles. The third-order valence-electron chi connectivity index (χ3n) is 4.47. The van der Waals surface area contributed by atoms with Crippen molar-refractivity contribution in [2.45, 2.75) is 39.3 Å². The highest BCUT2D eigenvalue weighted by Gasteiger charge is 2.24. The summed E-state index contributed by atoms with van der Waals surface area (Å²) in [7, 11) is 0. The molecular formula is C19H20F3N5O4. The Labute approximate surface area is 174 Å². The van der Waals surface area contributed by atoms with Gasteiger partial charge in [-0.2, -0.15) is 14.5 Å². The summed E-state index contributed by atoms with van der Waals surface area (Å²) in [6.45, 7) is 4.34. The van der Waals surface area contributed by atoms with Crippen LogP contribution in [-0.2, 0) is 11.3 Å². The highest BCUT2D eigenvalue weighted by atomic mass is 19.2. The molecule has 2 N–H and O–H groups in total. The first-order valence-corrected chi connectivity index (χ1v) is 9.38. The molecule has 3 aromatic rings. The largest absolute Gasteiger partial charge is 0.503 e. The lowest BCUT2D eigenvalue weighted by atomic mass is 10.2. The summed E-state index contributed by atoms with van der Waals surface area (Å²) in [6, 6.07) is 2.34. The van der Waals surface area contributed by atoms with Crippen LogP contribution in [0.1, 0.15) is 38.4 Å². The van der Waals surface area contributed by atoms with E-state index < -0.39 is 40.6 Å². The van der Waals surface area contributed by atoms with Crippen LogP contribution >= 0.6 is 0 Å². The van der Waals surface area contributed by atoms with Gasteiger partial charge in [-0.25, -0.2) is 8.78 Å². The van der Waals surface area contributed by atoms with Gasteiger partial charge >= 0.3 is 5.97 Å². The molecule has 166 valence electrons. The Balaban J connectivity index is 1.92. The number of hydrogen-bond donors (Lipinski definition) is 2. The van der Waals surface area contributed by atoms with Crippen molar-refractivity contribution in [1.82, 2.24) is 19.9 Å². The van der Waals surface area contributed by atoms with Gasteiger partial charge < -0.3 is 19.6 Å². The molecule has 0 bridgehead atoms. The maximum Gasteiger partial charge on any atom is 0.303 e. The molecule has 0 amide bonds. The maximum absolute atomic E-state index is 14.2. The molecule has 0 saturated carbocycles. The van der Waals surface area contributed by atoms with Gasteiger partial charge in [0.25, 0.3) is 11.8 Å². The monoisotopic (exact) mass is 439 g/mol. The van der Waals surface area contributed by atoms with Gasteiger partial charge in [-0.3, -0.25) is 9.48 Å². The number of aromatic nitrogens is 4. The minimum absolute atomic E-state index is 0.0134. The summed E-state index contributed by atoms with van der Waals surface area (Å²) in [6.07, 6.45) is 1.78. The minimum atomic E-state index is -1.72. The average molecular weight is 439 g/mol. The first kappa shape index (κ1) is 22.1. The summed E-state index contributed by atoms with van der Waals surface area (Å²) < 4.78 is 47.9. The first-order valence-electron chi connectivity index (χ1n) is 9.38. The van der Waals surface area contributed by atoms with Gasteiger partial charge in [0.2, 0.25) is 5.82 Å². The zero-order valence-electron chi connectivity index (χ0n) is 16.7. The summed E-state index contributed by atoms with van der Waals surface area (Å²) in [5.41, 5.74) is 0.182. The molecule has 0 aliphatic carbocycles. The van der Waals surface area contributed by atoms with Crippen molar-refractivity contribution in [3.05, 3.63) is 41.5 Å². The third kappa shape index (κ3) is 4.78. The van der Waals surface area contributed by atoms with E-state index >= 15 is 0 Å². The number of carbonyl (C=O) groups is 1. The van der Waals surface area contributed by atoms with Crippen LogP contribution < -0.4 is 4.90 Å². The standard InChI is InChI=1S/C19H20F3N5O4/c1-10(2)27-11(5-6-23-27)9-26(7-3-4-14(28)29)19-24-18(31-25-19)12-8-13(20)16(22)17(30)15(12)21/h5-6,8,10,30H,3-4,7,9H2,1-2H3,(H,28,29). The van der Waals surface area contributed by atoms with Gasteiger partial charge in [-0.15, -0.1) is 0 Å². The van der Waals surface area contributed by atoms with E-state index in [0.717, 1.165) is 5.69 Å². The molecule has 0 unspecified atom stereocenters. The molecule has 31 heavy (non-hydrogen) atoms. The number of rotatable bonds is 9. The van der Waals surface area contributed by atoms with Gasteiger partial charge in [0.15, 0.2) is 17.4 Å². The Bertz CT molecular complexity index is 1080. The van der Waals surface area contributed by atoms with Crippen LogP contribution in [0.25, 0.3) is 11.5 Å². The fraction of sp³-hybridized carbons (Fsp3) is 0.368. The number of carboxylic acid groups (broad SMARTS) is 1. The molecule has 0 radical (unpaired) electrons. The Morgan fingerprint density at radius 2 is 2.03 bits per heavy atom. The van der Waals surface area contributed by atoms with Crippen LogP contribution in [0.15, 0.2) is 22.9 Å². The topological polar surface area (TPSA) is 118 Å². The van der Waals surface area contributed by atoms with E-state index in [1.165, 1.54) is 0 Å². The Morgan fingerprint density at radius 3 is 2.71 bits per heavy atom. The molecule has 9 nitrogen and oxygen atoms in total. The van der Waals surface area contributed by atoms with Crippen molar-refractivity contribution in [3.63, 3.8) is 0 Å². The number of aromatic hydroxyl groups is 1. The number of anilines is 1. The van der Waals surface area contributed by atoms with Gasteiger partial charge in [-0.05, 0) is 37.6 Å². The fourth-order valence-electron chi connectivity index (χ4n) is 3.00. The van der Waals surface area contributed by atoms with E-state index in [2.05, 4.69) is 15.2 Å². The second-order valence-corrected chi connectivity index (χ2v) is 7.06. The van der Waals surface area contributed by atoms with Crippen LogP contribution in [-0.4, -0.2) is 42.6 Å². The van der Waals surface area contributed by atoms with E-state index in [1.54, 1.807) is 21.8 Å². The quantitative estimate of drug-likeness (QED) is 0.487. The molecule has 1 aromatic carbocycles. The van der Waals surface area contributed by atoms with Crippen molar-refractivity contribution in [2.75, 3.05) is 11.4 Å². The Hall–Kier alpha value is -3.57. The molecule has 3 rings (SSSR count). The molecule has 12 heteroatoms. The van der Waals surface area contributed by atoms with Crippen molar-refractivity contribution >= 4 is 11.9 Å². The lowest BCUT2D eigenvalue weighted by Gasteiger charge is -2.21. The van der Waals surface area contributed by atoms with Crippen LogP contribution in [0, 0.1) is 17.5 Å². The van der Waals surface area contributed by atoms with Crippen molar-refractivity contribution in [3.8, 4) is 17.2 Å². The molecule has 0 aliphatic heterocycles. The maximum atomic E-state index is 14.2. The lowest BCUT2D eigenvalue weighted by molar-refractivity contribution is -0.137. The van der Waals surface area contributed by atoms with Crippen molar-refractivity contribution in [2.24, 2.45) is 0 Å². The normalized spacial score (nSPS) is 11.3. The van der Waals surface area contributed by atoms with Gasteiger partial charge in [-0.1, -0.05) is 0 Å². The average Bonchev–Trinajstić information content (AvgIpc) is 3.37. The smallest absolute Gasteiger partial charge is 0.303 e. The van der Waals surface area contributed by atoms with Crippen LogP contribution in [0.5, 0.6) is 5.75 Å². The predicted octanol–water partition coefficient (Wildman–Crippen LogP) is 3.51. The fourth-order valence-corrected chi connectivity index (χ4v) is 3.00. The second kappa shape index (κ2) is 9.06. The zero-order valence-corrected chi connectivity index (χ0v) is 16.7. The highest BCUT2D eigenvalue weighted by Crippen LogP contribution is 2.32. The molecule has 0 atom stereocenters. The number of aliphatic carboxylic acids is 1. The Morgan fingerprint density at radius 1 is 1.29 bits per heavy atom. The second-order valence-electron chi connectivity index (χ2n) is 7.06. The number of nitrogens with zero attached hydrogens (tertiary/aromatic N) is 5. The van der Waals surface area contributed by atoms with E-state index in [4.69, 9.17) is 9.63 Å². The predicted molar refractivity (Wildman–Crippen MR) is 102 cm³/mol. The van der Waals surface area contributed by atoms with E-state index in [0.29, 0.717) is 6.07 Å². The number of hydrogen-bond acceptors (Lipinski definition) is 7. The van der Waals surface area contributed by atoms with Crippen molar-refractivity contribution < 1.29 is 32.7 Å². The number of carboxylic acids is 1. The van der Waals surface area contributed by atoms with Crippen LogP contribution in [0.3, 0.4) is 0 Å². The minimum Gasteiger partial charge on any atom is -0.503 e. The first-order chi connectivity index (χ1) is 14.7. The number of phenolic OH excluding ortho intramolecular Hbond substituents is 1. The van der Waals surface area contributed by atoms with E-state index in [1.807, 2.05) is 13.8 Å². The molecule has 0 saturated heterocycles. The van der Waals surface area contributed by atoms with Gasteiger partial charge in [0.1, 0.15) is 0 Å². The van der Waals surface area contributed by atoms with Gasteiger partial charge in [0, 0.05) is 25.2 Å². The lowest BCUT2D eigenvalue weighted by Crippen LogP contribution is -2.27. The van der Waals surface area contributed by atoms with Crippen LogP contribution in [0.2, 0.25) is 0 Å². The van der Waals surface area contributed by atoms with E-state index in [-0.39, 0.29) is 37.9 Å². The van der Waals surface area contributed by atoms with Crippen molar-refractivity contribution in [1.29, 1.82) is 0 Å². The summed E-state index contributed by atoms with van der Waals surface area (Å²) in [5.74, 6) is -7.59. The molecule has 0 aliphatic rings. The number of halogens is 3. The summed E-state index contributed by atoms with van der Waals surface area (Å²) >= 11 is 0. The summed E-state index contributed by atoms with van der Waals surface area (Å²) in [5, 5.41) is 26.3. The zero-order chi connectivity index (χ0) is 22.7. The van der Waals surface area contributed by atoms with Crippen LogP contribution in [0.4, 0.5) is 19.1 Å². The summed E-state index contributed by atoms with van der Waals surface area (Å²) in [4.78, 5) is 16.5. The number of benzene rings is 1. The Kier molecular flexibility index (Phi) is 6.47.